The van der Waals surface area contributed by atoms with Crippen LogP contribution in [0, 0.1) is 17.8 Å². The predicted molar refractivity (Wildman–Crippen MR) is 235 cm³/mol. The molecule has 21 nitrogen and oxygen atoms in total. The maximum Gasteiger partial charge on any atom is 0.245 e. The van der Waals surface area contributed by atoms with E-state index in [0.717, 1.165) is 0 Å². The number of aromatic hydroxyl groups is 1. The van der Waals surface area contributed by atoms with Crippen molar-refractivity contribution >= 4 is 53.2 Å². The van der Waals surface area contributed by atoms with Gasteiger partial charge in [-0.1, -0.05) is 65.8 Å². The average Bonchev–Trinajstić information content (AvgIpc) is 3.26. The Labute approximate surface area is 377 Å². The largest absolute Gasteiger partial charge is 0.508 e. The second-order valence-electron chi connectivity index (χ2n) is 16.8. The average molecular weight is 910 g/mol. The smallest absolute Gasteiger partial charge is 0.245 e. The van der Waals surface area contributed by atoms with Gasteiger partial charge in [0.1, 0.15) is 47.8 Å². The first-order chi connectivity index (χ1) is 30.7. The van der Waals surface area contributed by atoms with E-state index in [1.807, 2.05) is 13.8 Å². The number of nitrogens with one attached hydrogen (secondary N) is 9. The molecule has 1 aliphatic heterocycles. The van der Waals surface area contributed by atoms with E-state index >= 15 is 0 Å². The Morgan fingerprint density at radius 3 is 1.46 bits per heavy atom. The lowest BCUT2D eigenvalue weighted by Gasteiger charge is -2.28. The number of amides is 9. The Balaban J connectivity index is 2.03. The van der Waals surface area contributed by atoms with Crippen LogP contribution in [0.5, 0.6) is 11.5 Å². The van der Waals surface area contributed by atoms with Crippen molar-refractivity contribution < 1.29 is 58.1 Å². The quantitative estimate of drug-likeness (QED) is 0.121. The minimum Gasteiger partial charge on any atom is -0.508 e. The van der Waals surface area contributed by atoms with Gasteiger partial charge in [0.2, 0.25) is 53.2 Å². The third-order valence-corrected chi connectivity index (χ3v) is 10.2. The lowest BCUT2D eigenvalue weighted by atomic mass is 9.99. The van der Waals surface area contributed by atoms with E-state index in [-0.39, 0.29) is 30.9 Å². The molecule has 3 rings (SSSR count). The van der Waals surface area contributed by atoms with Crippen LogP contribution in [-0.4, -0.2) is 133 Å². The third-order valence-electron chi connectivity index (χ3n) is 10.2. The van der Waals surface area contributed by atoms with Crippen molar-refractivity contribution in [3.05, 3.63) is 59.7 Å². The summed E-state index contributed by atoms with van der Waals surface area (Å²) in [4.78, 5) is 121. The van der Waals surface area contributed by atoms with Gasteiger partial charge in [-0.2, -0.15) is 0 Å². The minimum atomic E-state index is -1.57. The van der Waals surface area contributed by atoms with Crippen molar-refractivity contribution in [3.8, 4) is 11.5 Å². The Morgan fingerprint density at radius 2 is 0.938 bits per heavy atom. The fourth-order valence-corrected chi connectivity index (χ4v) is 6.59. The van der Waals surface area contributed by atoms with Crippen molar-refractivity contribution in [1.82, 2.24) is 47.9 Å². The Hall–Kier alpha value is -6.77. The molecule has 1 fully saturated rings. The van der Waals surface area contributed by atoms with Gasteiger partial charge in [-0.3, -0.25) is 43.2 Å². The summed E-state index contributed by atoms with van der Waals surface area (Å²) in [5.41, 5.74) is 1.10. The molecular formula is C44H63N9O12. The molecule has 21 heteroatoms. The first-order valence-electron chi connectivity index (χ1n) is 21.3. The van der Waals surface area contributed by atoms with Crippen LogP contribution in [0.1, 0.15) is 59.1 Å². The van der Waals surface area contributed by atoms with E-state index < -0.39 is 127 Å². The Kier molecular flexibility index (Phi) is 20.6. The number of phenolic OH excluding ortho intramolecular Hbond substituents is 1. The molecule has 2 aromatic rings. The lowest BCUT2D eigenvalue weighted by Crippen LogP contribution is -2.60. The highest BCUT2D eigenvalue weighted by Gasteiger charge is 2.34. The van der Waals surface area contributed by atoms with Gasteiger partial charge >= 0.3 is 0 Å². The van der Waals surface area contributed by atoms with Crippen LogP contribution in [0.25, 0.3) is 0 Å². The standard InChI is InChI=1S/C44H63N9O12/c1-23(2)16-30-41(61)52-37(24(3)4)43(63)47-19-34(56)45-20-35(57)49-33(22-54)42(62)53-38(25(5)6)44(64)51-31(17-27-10-14-29(65-7)15-11-27)39(59)46-21-36(58)48-32(40(60)50-30)18-26-8-12-28(55)13-9-26/h8-15,23-25,30-33,37-38,54-55H,16-22H2,1-7H3,(H,45,56)(H,46,59)(H,47,63)(H,48,58)(H,49,57)(H,50,60)(H,51,64)(H,52,61)(H,53,62)/t30-,31+,32-,33-,37-,38+/m0/s1. The molecule has 0 saturated carbocycles. The number of hydrogen-bond acceptors (Lipinski definition) is 12. The van der Waals surface area contributed by atoms with Crippen LogP contribution in [0.4, 0.5) is 0 Å². The van der Waals surface area contributed by atoms with Crippen molar-refractivity contribution in [1.29, 1.82) is 0 Å². The summed E-state index contributed by atoms with van der Waals surface area (Å²) in [6, 6.07) is 4.56. The molecule has 2 aromatic carbocycles. The molecule has 6 atom stereocenters. The number of methoxy groups -OCH3 is 1. The summed E-state index contributed by atoms with van der Waals surface area (Å²) in [6.07, 6.45) is -0.0910. The Morgan fingerprint density at radius 1 is 0.508 bits per heavy atom. The molecule has 9 amide bonds. The molecule has 0 aromatic heterocycles. The second-order valence-corrected chi connectivity index (χ2v) is 16.8. The van der Waals surface area contributed by atoms with Gasteiger partial charge in [0.05, 0.1) is 33.4 Å². The van der Waals surface area contributed by atoms with E-state index in [4.69, 9.17) is 4.74 Å². The number of carbonyl (C=O) groups is 9. The minimum absolute atomic E-state index is 0.0434. The summed E-state index contributed by atoms with van der Waals surface area (Å²) >= 11 is 0. The molecule has 0 bridgehead atoms. The fourth-order valence-electron chi connectivity index (χ4n) is 6.59. The fraction of sp³-hybridized carbons (Fsp3) is 0.523. The predicted octanol–water partition coefficient (Wildman–Crippen LogP) is -2.19. The van der Waals surface area contributed by atoms with Crippen molar-refractivity contribution in [2.45, 2.75) is 97.1 Å². The van der Waals surface area contributed by atoms with E-state index in [9.17, 15) is 53.4 Å². The summed E-state index contributed by atoms with van der Waals surface area (Å²) < 4.78 is 5.23. The maximum atomic E-state index is 14.0. The first kappa shape index (κ1) is 52.6. The molecule has 0 spiro atoms. The number of ether oxygens (including phenoxy) is 1. The van der Waals surface area contributed by atoms with Crippen LogP contribution < -0.4 is 52.6 Å². The van der Waals surface area contributed by atoms with Crippen molar-refractivity contribution in [2.75, 3.05) is 33.4 Å². The zero-order valence-electron chi connectivity index (χ0n) is 37.7. The van der Waals surface area contributed by atoms with Crippen LogP contribution in [0.15, 0.2) is 48.5 Å². The van der Waals surface area contributed by atoms with E-state index in [1.165, 1.54) is 31.4 Å². The molecule has 1 saturated heterocycles. The summed E-state index contributed by atoms with van der Waals surface area (Å²) in [5, 5.41) is 42.5. The SMILES string of the molecule is COc1ccc(C[C@H]2NC(=O)[C@@H](C(C)C)NC(=O)[C@H](CO)NC(=O)CNC(=O)CNC(=O)[C@H](C(C)C)NC(=O)[C@H](CC(C)C)NC(=O)[C@H](Cc3ccc(O)cc3)NC(=O)CNC2=O)cc1. The number of rotatable bonds is 10. The zero-order valence-corrected chi connectivity index (χ0v) is 37.7. The number of hydrogen-bond donors (Lipinski definition) is 11. The Bertz CT molecular complexity index is 1990. The monoisotopic (exact) mass is 909 g/mol. The number of aliphatic hydroxyl groups is 1. The molecule has 356 valence electrons. The van der Waals surface area contributed by atoms with Gasteiger partial charge in [-0.25, -0.2) is 0 Å². The van der Waals surface area contributed by atoms with Crippen LogP contribution in [0.2, 0.25) is 0 Å². The maximum absolute atomic E-state index is 14.0. The number of phenols is 1. The molecule has 11 N–H and O–H groups in total. The van der Waals surface area contributed by atoms with Gasteiger partial charge in [-0.05, 0) is 59.6 Å². The molecule has 0 aliphatic carbocycles. The van der Waals surface area contributed by atoms with Crippen LogP contribution in [-0.2, 0) is 56.0 Å². The number of carbonyl (C=O) groups excluding carboxylic acids is 9. The summed E-state index contributed by atoms with van der Waals surface area (Å²) in [6.45, 7) is 7.31. The van der Waals surface area contributed by atoms with Crippen LogP contribution >= 0.6 is 0 Å². The van der Waals surface area contributed by atoms with E-state index in [2.05, 4.69) is 47.9 Å². The van der Waals surface area contributed by atoms with Crippen molar-refractivity contribution in [2.24, 2.45) is 17.8 Å². The number of benzene rings is 2. The van der Waals surface area contributed by atoms with Gasteiger partial charge in [0.15, 0.2) is 0 Å². The van der Waals surface area contributed by atoms with E-state index in [0.29, 0.717) is 16.9 Å². The highest BCUT2D eigenvalue weighted by atomic mass is 16.5. The summed E-state index contributed by atoms with van der Waals surface area (Å²) in [5.74, 6) is -8.11. The second kappa shape index (κ2) is 25.5. The lowest BCUT2D eigenvalue weighted by molar-refractivity contribution is -0.135. The highest BCUT2D eigenvalue weighted by molar-refractivity contribution is 5.98. The molecule has 0 radical (unpaired) electrons. The topological polar surface area (TPSA) is 312 Å². The summed E-state index contributed by atoms with van der Waals surface area (Å²) in [7, 11) is 1.48. The van der Waals surface area contributed by atoms with Crippen LogP contribution in [0.3, 0.4) is 0 Å². The zero-order chi connectivity index (χ0) is 48.4. The van der Waals surface area contributed by atoms with Crippen molar-refractivity contribution in [3.63, 3.8) is 0 Å². The molecular weight excluding hydrogens is 847 g/mol. The molecule has 65 heavy (non-hydrogen) atoms. The first-order valence-corrected chi connectivity index (χ1v) is 21.3. The molecule has 0 unspecified atom stereocenters. The normalized spacial score (nSPS) is 23.2. The molecule has 1 aliphatic rings. The van der Waals surface area contributed by atoms with E-state index in [1.54, 1.807) is 52.0 Å². The van der Waals surface area contributed by atoms with Gasteiger partial charge in [-0.15, -0.1) is 0 Å². The molecule has 1 heterocycles. The number of aliphatic hydroxyl groups excluding tert-OH is 1. The van der Waals surface area contributed by atoms with Gasteiger partial charge in [0.25, 0.3) is 0 Å². The van der Waals surface area contributed by atoms with Gasteiger partial charge in [0, 0.05) is 12.8 Å². The highest BCUT2D eigenvalue weighted by Crippen LogP contribution is 2.15. The third kappa shape index (κ3) is 17.4. The van der Waals surface area contributed by atoms with Gasteiger partial charge < -0.3 is 62.8 Å².